The van der Waals surface area contributed by atoms with E-state index in [0.29, 0.717) is 11.3 Å². The minimum Gasteiger partial charge on any atom is -0.383 e. The van der Waals surface area contributed by atoms with Gasteiger partial charge in [-0.2, -0.15) is 0 Å². The maximum Gasteiger partial charge on any atom is 0.239 e. The van der Waals surface area contributed by atoms with Gasteiger partial charge in [0, 0.05) is 13.7 Å². The highest BCUT2D eigenvalue weighted by molar-refractivity contribution is 5.81. The lowest BCUT2D eigenvalue weighted by Gasteiger charge is -2.37. The zero-order chi connectivity index (χ0) is 14.5. The Kier molecular flexibility index (Phi) is 6.27. The summed E-state index contributed by atoms with van der Waals surface area (Å²) in [5.41, 5.74) is 6.10. The van der Waals surface area contributed by atoms with E-state index in [-0.39, 0.29) is 12.5 Å². The fourth-order valence-electron chi connectivity index (χ4n) is 2.86. The molecule has 1 rings (SSSR count). The second-order valence-corrected chi connectivity index (χ2v) is 6.89. The number of hydrogen-bond acceptors (Lipinski definition) is 3. The van der Waals surface area contributed by atoms with E-state index < -0.39 is 6.04 Å². The Labute approximate surface area is 117 Å². The summed E-state index contributed by atoms with van der Waals surface area (Å²) in [6, 6.07) is -0.545. The van der Waals surface area contributed by atoms with Gasteiger partial charge in [-0.1, -0.05) is 20.8 Å². The molecular weight excluding hydrogens is 240 g/mol. The topological polar surface area (TPSA) is 64.3 Å². The lowest BCUT2D eigenvalue weighted by Crippen LogP contribution is -2.45. The summed E-state index contributed by atoms with van der Waals surface area (Å²) in [4.78, 5) is 11.7. The number of carbonyl (C=O) groups excluding carboxylic acids is 1. The fourth-order valence-corrected chi connectivity index (χ4v) is 2.86. The second kappa shape index (κ2) is 7.25. The molecule has 0 aromatic rings. The van der Waals surface area contributed by atoms with Crippen LogP contribution in [0.3, 0.4) is 0 Å². The first-order chi connectivity index (χ1) is 8.84. The molecule has 0 aliphatic heterocycles. The maximum absolute atomic E-state index is 11.7. The first-order valence-corrected chi connectivity index (χ1v) is 7.36. The minimum atomic E-state index is -0.545. The van der Waals surface area contributed by atoms with Crippen LogP contribution in [0.1, 0.15) is 46.5 Å². The monoisotopic (exact) mass is 270 g/mol. The molecule has 1 amide bonds. The highest BCUT2D eigenvalue weighted by atomic mass is 16.5. The first-order valence-electron chi connectivity index (χ1n) is 7.36. The van der Waals surface area contributed by atoms with Crippen LogP contribution in [0, 0.1) is 17.3 Å². The van der Waals surface area contributed by atoms with Gasteiger partial charge in [-0.25, -0.2) is 0 Å². The van der Waals surface area contributed by atoms with E-state index in [0.717, 1.165) is 12.5 Å². The Morgan fingerprint density at radius 1 is 1.32 bits per heavy atom. The van der Waals surface area contributed by atoms with Crippen LogP contribution in [-0.2, 0) is 9.53 Å². The van der Waals surface area contributed by atoms with Crippen LogP contribution in [0.25, 0.3) is 0 Å². The molecule has 19 heavy (non-hydrogen) atoms. The van der Waals surface area contributed by atoms with Crippen molar-refractivity contribution in [1.82, 2.24) is 5.32 Å². The van der Waals surface area contributed by atoms with Gasteiger partial charge >= 0.3 is 0 Å². The van der Waals surface area contributed by atoms with Crippen molar-refractivity contribution in [2.45, 2.75) is 52.5 Å². The summed E-state index contributed by atoms with van der Waals surface area (Å²) in [7, 11) is 1.56. The van der Waals surface area contributed by atoms with Crippen molar-refractivity contribution in [3.63, 3.8) is 0 Å². The van der Waals surface area contributed by atoms with Crippen LogP contribution in [-0.4, -0.2) is 32.2 Å². The highest BCUT2D eigenvalue weighted by Gasteiger charge is 2.29. The van der Waals surface area contributed by atoms with Gasteiger partial charge in [0.05, 0.1) is 6.61 Å². The molecule has 1 atom stereocenters. The number of carbonyl (C=O) groups is 1. The van der Waals surface area contributed by atoms with E-state index in [1.54, 1.807) is 7.11 Å². The van der Waals surface area contributed by atoms with Crippen LogP contribution in [0.2, 0.25) is 0 Å². The zero-order valence-electron chi connectivity index (χ0n) is 12.9. The molecule has 1 aliphatic carbocycles. The SMILES string of the molecule is COCC(N)C(=O)NCC1CCC(C(C)(C)C)CC1. The summed E-state index contributed by atoms with van der Waals surface area (Å²) < 4.78 is 4.88. The molecule has 0 radical (unpaired) electrons. The largest absolute Gasteiger partial charge is 0.383 e. The Morgan fingerprint density at radius 3 is 2.37 bits per heavy atom. The van der Waals surface area contributed by atoms with Gasteiger partial charge in [0.1, 0.15) is 6.04 Å². The summed E-state index contributed by atoms with van der Waals surface area (Å²) in [6.45, 7) is 8.01. The van der Waals surface area contributed by atoms with E-state index in [4.69, 9.17) is 10.5 Å². The molecule has 1 fully saturated rings. The third kappa shape index (κ3) is 5.49. The smallest absolute Gasteiger partial charge is 0.239 e. The van der Waals surface area contributed by atoms with Crippen molar-refractivity contribution < 1.29 is 9.53 Å². The summed E-state index contributed by atoms with van der Waals surface area (Å²) >= 11 is 0. The Bertz CT molecular complexity index is 278. The zero-order valence-corrected chi connectivity index (χ0v) is 12.9. The Hall–Kier alpha value is -0.610. The van der Waals surface area contributed by atoms with E-state index in [1.807, 2.05) is 0 Å². The van der Waals surface area contributed by atoms with Crippen LogP contribution < -0.4 is 11.1 Å². The number of hydrogen-bond donors (Lipinski definition) is 2. The maximum atomic E-state index is 11.7. The molecule has 0 aromatic carbocycles. The van der Waals surface area contributed by atoms with Crippen molar-refractivity contribution in [3.05, 3.63) is 0 Å². The Morgan fingerprint density at radius 2 is 1.89 bits per heavy atom. The van der Waals surface area contributed by atoms with Crippen molar-refractivity contribution in [2.24, 2.45) is 23.0 Å². The summed E-state index contributed by atoms with van der Waals surface area (Å²) in [5.74, 6) is 1.33. The van der Waals surface area contributed by atoms with Crippen molar-refractivity contribution in [2.75, 3.05) is 20.3 Å². The van der Waals surface area contributed by atoms with Gasteiger partial charge in [-0.05, 0) is 42.9 Å². The molecule has 112 valence electrons. The van der Waals surface area contributed by atoms with Crippen molar-refractivity contribution in [3.8, 4) is 0 Å². The summed E-state index contributed by atoms with van der Waals surface area (Å²) in [6.07, 6.45) is 4.96. The van der Waals surface area contributed by atoms with E-state index in [2.05, 4.69) is 26.1 Å². The van der Waals surface area contributed by atoms with Gasteiger partial charge in [0.25, 0.3) is 0 Å². The predicted molar refractivity (Wildman–Crippen MR) is 77.8 cm³/mol. The average Bonchev–Trinajstić information content (AvgIpc) is 2.35. The van der Waals surface area contributed by atoms with Gasteiger partial charge in [0.2, 0.25) is 5.91 Å². The number of amides is 1. The lowest BCUT2D eigenvalue weighted by atomic mass is 9.70. The molecule has 0 aromatic heterocycles. The van der Waals surface area contributed by atoms with Gasteiger partial charge < -0.3 is 15.8 Å². The normalized spacial score (nSPS) is 25.9. The van der Waals surface area contributed by atoms with Crippen LogP contribution in [0.4, 0.5) is 0 Å². The molecule has 0 heterocycles. The van der Waals surface area contributed by atoms with Crippen molar-refractivity contribution in [1.29, 1.82) is 0 Å². The quantitative estimate of drug-likeness (QED) is 0.802. The lowest BCUT2D eigenvalue weighted by molar-refractivity contribution is -0.123. The van der Waals surface area contributed by atoms with Crippen LogP contribution >= 0.6 is 0 Å². The molecule has 3 N–H and O–H groups in total. The number of rotatable bonds is 5. The average molecular weight is 270 g/mol. The molecule has 4 nitrogen and oxygen atoms in total. The standard InChI is InChI=1S/C15H30N2O2/c1-15(2,3)12-7-5-11(6-8-12)9-17-14(18)13(16)10-19-4/h11-13H,5-10,16H2,1-4H3,(H,17,18). The molecule has 4 heteroatoms. The third-order valence-electron chi connectivity index (χ3n) is 4.32. The van der Waals surface area contributed by atoms with Gasteiger partial charge in [-0.15, -0.1) is 0 Å². The van der Waals surface area contributed by atoms with Crippen LogP contribution in [0.5, 0.6) is 0 Å². The second-order valence-electron chi connectivity index (χ2n) is 6.89. The first kappa shape index (κ1) is 16.4. The highest BCUT2D eigenvalue weighted by Crippen LogP contribution is 2.39. The Balaban J connectivity index is 2.25. The molecule has 1 aliphatic rings. The molecule has 1 unspecified atom stereocenters. The van der Waals surface area contributed by atoms with E-state index in [1.165, 1.54) is 25.7 Å². The van der Waals surface area contributed by atoms with Crippen molar-refractivity contribution >= 4 is 5.91 Å². The number of methoxy groups -OCH3 is 1. The summed E-state index contributed by atoms with van der Waals surface area (Å²) in [5, 5.41) is 2.95. The molecular formula is C15H30N2O2. The molecule has 0 bridgehead atoms. The molecule has 0 spiro atoms. The van der Waals surface area contributed by atoms with E-state index in [9.17, 15) is 4.79 Å². The van der Waals surface area contributed by atoms with Gasteiger partial charge in [0.15, 0.2) is 0 Å². The minimum absolute atomic E-state index is 0.0974. The predicted octanol–water partition coefficient (Wildman–Crippen LogP) is 1.93. The van der Waals surface area contributed by atoms with E-state index >= 15 is 0 Å². The number of nitrogens with one attached hydrogen (secondary N) is 1. The number of nitrogens with two attached hydrogens (primary N) is 1. The van der Waals surface area contributed by atoms with Gasteiger partial charge in [-0.3, -0.25) is 4.79 Å². The van der Waals surface area contributed by atoms with Crippen LogP contribution in [0.15, 0.2) is 0 Å². The third-order valence-corrected chi connectivity index (χ3v) is 4.32. The fraction of sp³-hybridized carbons (Fsp3) is 0.933. The number of ether oxygens (including phenoxy) is 1. The molecule has 0 saturated heterocycles. The molecule has 1 saturated carbocycles.